The smallest absolute Gasteiger partial charge is 0.124 e. The molecule has 0 aliphatic carbocycles. The summed E-state index contributed by atoms with van der Waals surface area (Å²) in [4.78, 5) is 0. The molecule has 0 saturated carbocycles. The first-order chi connectivity index (χ1) is 9.19. The molecular weight excluding hydrogens is 244 g/mol. The fourth-order valence-electron chi connectivity index (χ4n) is 1.72. The minimum absolute atomic E-state index is 0.458. The van der Waals surface area contributed by atoms with E-state index in [1.54, 1.807) is 14.0 Å². The highest BCUT2D eigenvalue weighted by atomic mass is 16.5. The zero-order valence-electron chi connectivity index (χ0n) is 12.0. The van der Waals surface area contributed by atoms with E-state index in [1.165, 1.54) is 0 Å². The van der Waals surface area contributed by atoms with Crippen LogP contribution in [-0.2, 0) is 16.1 Å². The molecule has 0 radical (unpaired) electrons. The van der Waals surface area contributed by atoms with Gasteiger partial charge in [-0.1, -0.05) is 13.0 Å². The molecule has 0 saturated heterocycles. The summed E-state index contributed by atoms with van der Waals surface area (Å²) in [5, 5.41) is 9.58. The molecule has 0 aliphatic heterocycles. The van der Waals surface area contributed by atoms with Gasteiger partial charge in [0.25, 0.3) is 0 Å². The first-order valence-corrected chi connectivity index (χ1v) is 6.69. The summed E-state index contributed by atoms with van der Waals surface area (Å²) in [5.41, 5.74) is 1.80. The van der Waals surface area contributed by atoms with Crippen LogP contribution in [0.15, 0.2) is 18.2 Å². The fraction of sp³-hybridized carbons (Fsp3) is 0.600. The second kappa shape index (κ2) is 8.91. The summed E-state index contributed by atoms with van der Waals surface area (Å²) in [6.45, 7) is 6.20. The standard InChI is InChI=1S/C15H24O4/c1-4-7-18-8-9-19-11-14-10-13(12(2)16)5-6-15(14)17-3/h5-6,10,12,16H,4,7-9,11H2,1-3H3. The van der Waals surface area contributed by atoms with Crippen molar-refractivity contribution in [2.75, 3.05) is 26.9 Å². The predicted octanol–water partition coefficient (Wildman–Crippen LogP) is 2.69. The topological polar surface area (TPSA) is 47.9 Å². The summed E-state index contributed by atoms with van der Waals surface area (Å²) in [6.07, 6.45) is 0.530. The van der Waals surface area contributed by atoms with Crippen LogP contribution in [0.5, 0.6) is 5.75 Å². The summed E-state index contributed by atoms with van der Waals surface area (Å²) in [5.74, 6) is 0.777. The van der Waals surface area contributed by atoms with Crippen molar-refractivity contribution in [2.45, 2.75) is 33.0 Å². The van der Waals surface area contributed by atoms with Gasteiger partial charge in [0, 0.05) is 12.2 Å². The molecular formula is C15H24O4. The van der Waals surface area contributed by atoms with Crippen LogP contribution >= 0.6 is 0 Å². The zero-order chi connectivity index (χ0) is 14.1. The van der Waals surface area contributed by atoms with Crippen molar-refractivity contribution in [3.63, 3.8) is 0 Å². The molecule has 0 aromatic heterocycles. The third kappa shape index (κ3) is 5.59. The van der Waals surface area contributed by atoms with E-state index in [1.807, 2.05) is 18.2 Å². The summed E-state index contributed by atoms with van der Waals surface area (Å²) >= 11 is 0. The van der Waals surface area contributed by atoms with Crippen LogP contribution in [0.4, 0.5) is 0 Å². The van der Waals surface area contributed by atoms with Gasteiger partial charge in [0.2, 0.25) is 0 Å². The maximum Gasteiger partial charge on any atom is 0.124 e. The molecule has 0 heterocycles. The van der Waals surface area contributed by atoms with E-state index in [-0.39, 0.29) is 0 Å². The number of hydrogen-bond donors (Lipinski definition) is 1. The van der Waals surface area contributed by atoms with E-state index in [0.29, 0.717) is 19.8 Å². The Balaban J connectivity index is 2.48. The molecule has 4 heteroatoms. The predicted molar refractivity (Wildman–Crippen MR) is 74.4 cm³/mol. The van der Waals surface area contributed by atoms with E-state index >= 15 is 0 Å². The lowest BCUT2D eigenvalue weighted by Crippen LogP contribution is -2.06. The number of hydrogen-bond acceptors (Lipinski definition) is 4. The van der Waals surface area contributed by atoms with Gasteiger partial charge in [0.05, 0.1) is 33.0 Å². The van der Waals surface area contributed by atoms with Gasteiger partial charge in [-0.15, -0.1) is 0 Å². The minimum atomic E-state index is -0.488. The van der Waals surface area contributed by atoms with Gasteiger partial charge in [-0.3, -0.25) is 0 Å². The Morgan fingerprint density at radius 2 is 1.89 bits per heavy atom. The monoisotopic (exact) mass is 268 g/mol. The van der Waals surface area contributed by atoms with E-state index in [2.05, 4.69) is 6.92 Å². The van der Waals surface area contributed by atoms with Crippen molar-refractivity contribution in [3.05, 3.63) is 29.3 Å². The van der Waals surface area contributed by atoms with Crippen molar-refractivity contribution in [2.24, 2.45) is 0 Å². The number of aliphatic hydroxyl groups excluding tert-OH is 1. The molecule has 0 spiro atoms. The van der Waals surface area contributed by atoms with Gasteiger partial charge in [0.15, 0.2) is 0 Å². The molecule has 1 aromatic rings. The first kappa shape index (κ1) is 16.0. The molecule has 1 N–H and O–H groups in total. The summed E-state index contributed by atoms with van der Waals surface area (Å²) in [6, 6.07) is 5.63. The van der Waals surface area contributed by atoms with E-state index in [4.69, 9.17) is 14.2 Å². The van der Waals surface area contributed by atoms with Gasteiger partial charge in [-0.05, 0) is 31.0 Å². The maximum absolute atomic E-state index is 9.58. The largest absolute Gasteiger partial charge is 0.496 e. The lowest BCUT2D eigenvalue weighted by molar-refractivity contribution is 0.0401. The Morgan fingerprint density at radius 3 is 2.53 bits per heavy atom. The number of aliphatic hydroxyl groups is 1. The SMILES string of the molecule is CCCOCCOCc1cc(C(C)O)ccc1OC. The quantitative estimate of drug-likeness (QED) is 0.700. The number of rotatable bonds is 9. The number of methoxy groups -OCH3 is 1. The van der Waals surface area contributed by atoms with Gasteiger partial charge in [-0.25, -0.2) is 0 Å². The molecule has 1 unspecified atom stereocenters. The average molecular weight is 268 g/mol. The molecule has 4 nitrogen and oxygen atoms in total. The zero-order valence-corrected chi connectivity index (χ0v) is 12.0. The van der Waals surface area contributed by atoms with Crippen molar-refractivity contribution in [1.29, 1.82) is 0 Å². The van der Waals surface area contributed by atoms with Crippen LogP contribution in [0.3, 0.4) is 0 Å². The van der Waals surface area contributed by atoms with Crippen LogP contribution in [-0.4, -0.2) is 32.0 Å². The molecule has 1 rings (SSSR count). The Labute approximate surface area is 115 Å². The molecule has 0 amide bonds. The van der Waals surface area contributed by atoms with Crippen LogP contribution in [0.25, 0.3) is 0 Å². The van der Waals surface area contributed by atoms with E-state index in [0.717, 1.165) is 29.9 Å². The molecule has 108 valence electrons. The molecule has 0 aliphatic rings. The average Bonchev–Trinajstić information content (AvgIpc) is 2.42. The fourth-order valence-corrected chi connectivity index (χ4v) is 1.72. The molecule has 19 heavy (non-hydrogen) atoms. The van der Waals surface area contributed by atoms with Gasteiger partial charge in [-0.2, -0.15) is 0 Å². The highest BCUT2D eigenvalue weighted by Gasteiger charge is 2.07. The first-order valence-electron chi connectivity index (χ1n) is 6.69. The lowest BCUT2D eigenvalue weighted by atomic mass is 10.1. The normalized spacial score (nSPS) is 12.4. The number of benzene rings is 1. The number of ether oxygens (including phenoxy) is 3. The highest BCUT2D eigenvalue weighted by molar-refractivity contribution is 5.37. The van der Waals surface area contributed by atoms with Crippen LogP contribution < -0.4 is 4.74 Å². The van der Waals surface area contributed by atoms with Crippen molar-refractivity contribution < 1.29 is 19.3 Å². The van der Waals surface area contributed by atoms with Crippen molar-refractivity contribution >= 4 is 0 Å². The van der Waals surface area contributed by atoms with Crippen molar-refractivity contribution in [3.8, 4) is 5.75 Å². The Bertz CT molecular complexity index is 363. The maximum atomic E-state index is 9.58. The third-order valence-corrected chi connectivity index (χ3v) is 2.76. The van der Waals surface area contributed by atoms with Crippen LogP contribution in [0.1, 0.15) is 37.5 Å². The Morgan fingerprint density at radius 1 is 1.16 bits per heavy atom. The van der Waals surface area contributed by atoms with Gasteiger partial charge < -0.3 is 19.3 Å². The van der Waals surface area contributed by atoms with Gasteiger partial charge in [0.1, 0.15) is 5.75 Å². The minimum Gasteiger partial charge on any atom is -0.496 e. The Hall–Kier alpha value is -1.10. The molecule has 1 aromatic carbocycles. The third-order valence-electron chi connectivity index (χ3n) is 2.76. The second-order valence-electron chi connectivity index (χ2n) is 4.41. The highest BCUT2D eigenvalue weighted by Crippen LogP contribution is 2.23. The van der Waals surface area contributed by atoms with Crippen molar-refractivity contribution in [1.82, 2.24) is 0 Å². The Kier molecular flexibility index (Phi) is 7.48. The van der Waals surface area contributed by atoms with Crippen LogP contribution in [0.2, 0.25) is 0 Å². The summed E-state index contributed by atoms with van der Waals surface area (Å²) < 4.78 is 16.2. The van der Waals surface area contributed by atoms with E-state index in [9.17, 15) is 5.11 Å². The van der Waals surface area contributed by atoms with Gasteiger partial charge >= 0.3 is 0 Å². The molecule has 0 fully saturated rings. The molecule has 0 bridgehead atoms. The summed E-state index contributed by atoms with van der Waals surface area (Å²) in [7, 11) is 1.63. The second-order valence-corrected chi connectivity index (χ2v) is 4.41. The van der Waals surface area contributed by atoms with Crippen LogP contribution in [0, 0.1) is 0 Å². The van der Waals surface area contributed by atoms with E-state index < -0.39 is 6.10 Å². The lowest BCUT2D eigenvalue weighted by Gasteiger charge is -2.12. The molecule has 1 atom stereocenters.